The summed E-state index contributed by atoms with van der Waals surface area (Å²) >= 11 is 0. The summed E-state index contributed by atoms with van der Waals surface area (Å²) in [6.07, 6.45) is 1.75. The molecule has 0 aliphatic heterocycles. The highest BCUT2D eigenvalue weighted by Gasteiger charge is 2.15. The molecule has 0 fully saturated rings. The van der Waals surface area contributed by atoms with Crippen molar-refractivity contribution in [2.75, 3.05) is 14.2 Å². The Bertz CT molecular complexity index is 545. The van der Waals surface area contributed by atoms with Crippen LogP contribution in [0.4, 0.5) is 0 Å². The number of amides is 1. The normalized spacial score (nSPS) is 10.4. The zero-order chi connectivity index (χ0) is 11.7. The highest BCUT2D eigenvalue weighted by atomic mass is 16.5. The van der Waals surface area contributed by atoms with Gasteiger partial charge in [-0.3, -0.25) is 9.20 Å². The first kappa shape index (κ1) is 10.5. The summed E-state index contributed by atoms with van der Waals surface area (Å²) in [4.78, 5) is 16.0. The van der Waals surface area contributed by atoms with E-state index >= 15 is 0 Å². The molecule has 0 aromatic carbocycles. The summed E-state index contributed by atoms with van der Waals surface area (Å²) in [5.74, 6) is 0.535. The molecule has 5 nitrogen and oxygen atoms in total. The lowest BCUT2D eigenvalue weighted by Crippen LogP contribution is -2.20. The molecular formula is C11H13N3O2. The van der Waals surface area contributed by atoms with Crippen LogP contribution in [0.5, 0.6) is 5.75 Å². The van der Waals surface area contributed by atoms with Crippen LogP contribution >= 0.6 is 0 Å². The van der Waals surface area contributed by atoms with Crippen LogP contribution in [0, 0.1) is 6.92 Å². The van der Waals surface area contributed by atoms with E-state index in [0.717, 1.165) is 5.65 Å². The van der Waals surface area contributed by atoms with E-state index in [2.05, 4.69) is 10.3 Å². The lowest BCUT2D eigenvalue weighted by molar-refractivity contribution is 0.0956. The molecule has 1 amide bonds. The minimum atomic E-state index is -0.154. The number of pyridine rings is 1. The molecule has 0 saturated heterocycles. The standard InChI is InChI=1S/C11H13N3O2/c1-7-10(11(15)12-2)14-6-8(16-3)4-5-9(14)13-7/h4-6H,1-3H3,(H,12,15). The fourth-order valence-corrected chi connectivity index (χ4v) is 1.66. The van der Waals surface area contributed by atoms with Crippen LogP contribution in [0.2, 0.25) is 0 Å². The van der Waals surface area contributed by atoms with Gasteiger partial charge in [-0.05, 0) is 19.1 Å². The molecule has 2 heterocycles. The van der Waals surface area contributed by atoms with Crippen molar-refractivity contribution in [3.63, 3.8) is 0 Å². The molecule has 0 aliphatic rings. The fraction of sp³-hybridized carbons (Fsp3) is 0.273. The predicted octanol–water partition coefficient (Wildman–Crippen LogP) is 1.01. The Labute approximate surface area is 93.1 Å². The van der Waals surface area contributed by atoms with Gasteiger partial charge in [-0.15, -0.1) is 0 Å². The number of carbonyl (C=O) groups excluding carboxylic acids is 1. The van der Waals surface area contributed by atoms with Crippen molar-refractivity contribution in [1.82, 2.24) is 14.7 Å². The van der Waals surface area contributed by atoms with Gasteiger partial charge in [0.2, 0.25) is 0 Å². The Morgan fingerprint density at radius 2 is 2.25 bits per heavy atom. The number of imidazole rings is 1. The second kappa shape index (κ2) is 3.84. The third-order valence-electron chi connectivity index (χ3n) is 2.44. The van der Waals surface area contributed by atoms with Crippen LogP contribution < -0.4 is 10.1 Å². The van der Waals surface area contributed by atoms with Crippen LogP contribution in [0.3, 0.4) is 0 Å². The molecule has 0 saturated carbocycles. The third kappa shape index (κ3) is 1.50. The van der Waals surface area contributed by atoms with E-state index in [9.17, 15) is 4.79 Å². The average molecular weight is 219 g/mol. The van der Waals surface area contributed by atoms with E-state index < -0.39 is 0 Å². The average Bonchev–Trinajstić information content (AvgIpc) is 2.63. The minimum Gasteiger partial charge on any atom is -0.495 e. The molecule has 16 heavy (non-hydrogen) atoms. The fourth-order valence-electron chi connectivity index (χ4n) is 1.66. The minimum absolute atomic E-state index is 0.154. The second-order valence-corrected chi connectivity index (χ2v) is 3.42. The third-order valence-corrected chi connectivity index (χ3v) is 2.44. The van der Waals surface area contributed by atoms with E-state index in [1.165, 1.54) is 0 Å². The molecule has 0 aliphatic carbocycles. The maximum atomic E-state index is 11.7. The van der Waals surface area contributed by atoms with E-state index in [-0.39, 0.29) is 5.91 Å². The van der Waals surface area contributed by atoms with Crippen molar-refractivity contribution < 1.29 is 9.53 Å². The number of nitrogens with zero attached hydrogens (tertiary/aromatic N) is 2. The molecule has 0 radical (unpaired) electrons. The van der Waals surface area contributed by atoms with Crippen molar-refractivity contribution in [3.05, 3.63) is 29.7 Å². The van der Waals surface area contributed by atoms with Crippen molar-refractivity contribution >= 4 is 11.6 Å². The monoisotopic (exact) mass is 219 g/mol. The summed E-state index contributed by atoms with van der Waals surface area (Å²) in [5.41, 5.74) is 1.97. The number of rotatable bonds is 2. The smallest absolute Gasteiger partial charge is 0.269 e. The zero-order valence-corrected chi connectivity index (χ0v) is 9.44. The number of hydrogen-bond donors (Lipinski definition) is 1. The summed E-state index contributed by atoms with van der Waals surface area (Å²) in [5, 5.41) is 2.60. The largest absolute Gasteiger partial charge is 0.495 e. The number of fused-ring (bicyclic) bond motifs is 1. The second-order valence-electron chi connectivity index (χ2n) is 3.42. The number of nitrogens with one attached hydrogen (secondary N) is 1. The van der Waals surface area contributed by atoms with E-state index in [0.29, 0.717) is 17.1 Å². The number of aromatic nitrogens is 2. The first-order valence-corrected chi connectivity index (χ1v) is 4.92. The Balaban J connectivity index is 2.70. The van der Waals surface area contributed by atoms with Crippen LogP contribution in [0.15, 0.2) is 18.3 Å². The molecule has 2 aromatic rings. The summed E-state index contributed by atoms with van der Waals surface area (Å²) < 4.78 is 6.85. The van der Waals surface area contributed by atoms with Gasteiger partial charge in [-0.1, -0.05) is 0 Å². The number of ether oxygens (including phenoxy) is 1. The van der Waals surface area contributed by atoms with Gasteiger partial charge >= 0.3 is 0 Å². The highest BCUT2D eigenvalue weighted by Crippen LogP contribution is 2.17. The molecule has 84 valence electrons. The Morgan fingerprint density at radius 3 is 2.88 bits per heavy atom. The maximum Gasteiger partial charge on any atom is 0.269 e. The maximum absolute atomic E-state index is 11.7. The SMILES string of the molecule is CNC(=O)c1c(C)nc2ccc(OC)cn12. The summed E-state index contributed by atoms with van der Waals surface area (Å²) in [6.45, 7) is 1.81. The zero-order valence-electron chi connectivity index (χ0n) is 9.44. The molecule has 5 heteroatoms. The lowest BCUT2D eigenvalue weighted by Gasteiger charge is -2.03. The number of methoxy groups -OCH3 is 1. The van der Waals surface area contributed by atoms with Crippen molar-refractivity contribution in [3.8, 4) is 5.75 Å². The van der Waals surface area contributed by atoms with Crippen LogP contribution in [-0.4, -0.2) is 29.4 Å². The van der Waals surface area contributed by atoms with Gasteiger partial charge in [0.15, 0.2) is 0 Å². The van der Waals surface area contributed by atoms with Gasteiger partial charge in [0.05, 0.1) is 19.0 Å². The van der Waals surface area contributed by atoms with Crippen LogP contribution in [0.1, 0.15) is 16.2 Å². The summed E-state index contributed by atoms with van der Waals surface area (Å²) in [6, 6.07) is 3.63. The van der Waals surface area contributed by atoms with Gasteiger partial charge in [-0.2, -0.15) is 0 Å². The van der Waals surface area contributed by atoms with Gasteiger partial charge in [0.25, 0.3) is 5.91 Å². The Morgan fingerprint density at radius 1 is 1.50 bits per heavy atom. The van der Waals surface area contributed by atoms with E-state index in [1.54, 1.807) is 24.8 Å². The molecule has 0 spiro atoms. The van der Waals surface area contributed by atoms with Crippen molar-refractivity contribution in [2.45, 2.75) is 6.92 Å². The quantitative estimate of drug-likeness (QED) is 0.820. The highest BCUT2D eigenvalue weighted by molar-refractivity contribution is 5.94. The van der Waals surface area contributed by atoms with Crippen molar-refractivity contribution in [1.29, 1.82) is 0 Å². The predicted molar refractivity (Wildman–Crippen MR) is 59.9 cm³/mol. The first-order chi connectivity index (χ1) is 7.67. The van der Waals surface area contributed by atoms with Crippen LogP contribution in [0.25, 0.3) is 5.65 Å². The molecule has 2 rings (SSSR count). The van der Waals surface area contributed by atoms with Crippen LogP contribution in [-0.2, 0) is 0 Å². The molecule has 2 aromatic heterocycles. The van der Waals surface area contributed by atoms with Crippen molar-refractivity contribution in [2.24, 2.45) is 0 Å². The van der Waals surface area contributed by atoms with E-state index in [4.69, 9.17) is 4.74 Å². The number of aryl methyl sites for hydroxylation is 1. The van der Waals surface area contributed by atoms with Gasteiger partial charge in [-0.25, -0.2) is 4.98 Å². The molecule has 0 bridgehead atoms. The van der Waals surface area contributed by atoms with E-state index in [1.807, 2.05) is 19.1 Å². The summed E-state index contributed by atoms with van der Waals surface area (Å²) in [7, 11) is 3.19. The number of carbonyl (C=O) groups is 1. The topological polar surface area (TPSA) is 55.6 Å². The first-order valence-electron chi connectivity index (χ1n) is 4.92. The molecule has 1 N–H and O–H groups in total. The van der Waals surface area contributed by atoms with Gasteiger partial charge < -0.3 is 10.1 Å². The van der Waals surface area contributed by atoms with Gasteiger partial charge in [0.1, 0.15) is 17.1 Å². The number of hydrogen-bond acceptors (Lipinski definition) is 3. The molecular weight excluding hydrogens is 206 g/mol. The molecule has 0 atom stereocenters. The molecule has 0 unspecified atom stereocenters. The lowest BCUT2D eigenvalue weighted by atomic mass is 10.3. The Hall–Kier alpha value is -2.04. The Kier molecular flexibility index (Phi) is 2.52. The van der Waals surface area contributed by atoms with Gasteiger partial charge in [0, 0.05) is 7.05 Å².